The van der Waals surface area contributed by atoms with Crippen LogP contribution in [-0.4, -0.2) is 41.0 Å². The minimum atomic E-state index is -1.25. The van der Waals surface area contributed by atoms with E-state index in [4.69, 9.17) is 4.74 Å². The van der Waals surface area contributed by atoms with Crippen molar-refractivity contribution in [1.29, 1.82) is 0 Å². The number of rotatable bonds is 5. The number of halogens is 1. The van der Waals surface area contributed by atoms with Gasteiger partial charge in [-0.25, -0.2) is 0 Å². The molecule has 1 aromatic carbocycles. The van der Waals surface area contributed by atoms with E-state index in [0.29, 0.717) is 5.56 Å². The molecule has 4 N–H and O–H groups in total. The summed E-state index contributed by atoms with van der Waals surface area (Å²) >= 11 is 3.13. The molecule has 1 aromatic rings. The first-order valence-corrected chi connectivity index (χ1v) is 6.33. The van der Waals surface area contributed by atoms with Crippen molar-refractivity contribution in [2.75, 3.05) is 13.7 Å². The Morgan fingerprint density at radius 3 is 2.63 bits per heavy atom. The molecule has 0 bridgehead atoms. The molecule has 0 radical (unpaired) electrons. The fraction of sp³-hybridized carbons (Fsp3) is 0.417. The Morgan fingerprint density at radius 2 is 2.11 bits per heavy atom. The van der Waals surface area contributed by atoms with Crippen LogP contribution in [0.25, 0.3) is 0 Å². The van der Waals surface area contributed by atoms with Gasteiger partial charge >= 0.3 is 0 Å². The summed E-state index contributed by atoms with van der Waals surface area (Å²) in [7, 11) is 1.41. The zero-order valence-corrected chi connectivity index (χ0v) is 12.1. The van der Waals surface area contributed by atoms with Crippen molar-refractivity contribution < 1.29 is 24.9 Å². The lowest BCUT2D eigenvalue weighted by Gasteiger charge is -2.20. The molecule has 106 valence electrons. The van der Waals surface area contributed by atoms with Crippen molar-refractivity contribution in [3.05, 3.63) is 22.2 Å². The average molecular weight is 334 g/mol. The number of hydrogen-bond acceptors (Lipinski definition) is 5. The third-order valence-corrected chi connectivity index (χ3v) is 3.41. The van der Waals surface area contributed by atoms with Gasteiger partial charge in [0.2, 0.25) is 5.91 Å². The molecular formula is C12H16BrNO5. The fourth-order valence-electron chi connectivity index (χ4n) is 1.52. The lowest BCUT2D eigenvalue weighted by atomic mass is 10.0. The number of carbonyl (C=O) groups is 1. The molecule has 0 aromatic heterocycles. The molecule has 0 saturated heterocycles. The molecule has 7 heteroatoms. The molecule has 19 heavy (non-hydrogen) atoms. The number of methoxy groups -OCH3 is 1. The van der Waals surface area contributed by atoms with Crippen molar-refractivity contribution >= 4 is 21.8 Å². The predicted octanol–water partition coefficient (Wildman–Crippen LogP) is 0.694. The molecule has 2 atom stereocenters. The topological polar surface area (TPSA) is 99.0 Å². The summed E-state index contributed by atoms with van der Waals surface area (Å²) in [5.41, 5.74) is 0.302. The van der Waals surface area contributed by atoms with Gasteiger partial charge in [0.05, 0.1) is 11.6 Å². The number of carbonyl (C=O) groups excluding carboxylic acids is 1. The number of hydrogen-bond donors (Lipinski definition) is 4. The zero-order valence-electron chi connectivity index (χ0n) is 10.6. The monoisotopic (exact) mass is 333 g/mol. The normalized spacial score (nSPS) is 13.7. The highest BCUT2D eigenvalue weighted by atomic mass is 79.9. The van der Waals surface area contributed by atoms with Crippen LogP contribution in [0, 0.1) is 0 Å². The Hall–Kier alpha value is -1.31. The molecule has 0 fully saturated rings. The number of benzene rings is 1. The Balaban J connectivity index is 2.90. The van der Waals surface area contributed by atoms with E-state index in [0.717, 1.165) is 0 Å². The molecule has 0 aliphatic carbocycles. The van der Waals surface area contributed by atoms with Crippen molar-refractivity contribution in [2.45, 2.75) is 19.1 Å². The van der Waals surface area contributed by atoms with Gasteiger partial charge in [-0.2, -0.15) is 0 Å². The van der Waals surface area contributed by atoms with E-state index >= 15 is 0 Å². The number of aliphatic hydroxyl groups is 2. The molecule has 0 aliphatic rings. The van der Waals surface area contributed by atoms with Gasteiger partial charge in [0, 0.05) is 19.0 Å². The molecule has 1 rings (SSSR count). The quantitative estimate of drug-likeness (QED) is 0.635. The van der Waals surface area contributed by atoms with Gasteiger partial charge in [0.25, 0.3) is 0 Å². The second-order valence-electron chi connectivity index (χ2n) is 3.97. The molecule has 1 amide bonds. The van der Waals surface area contributed by atoms with Gasteiger partial charge in [-0.05, 0) is 22.0 Å². The van der Waals surface area contributed by atoms with E-state index in [-0.39, 0.29) is 28.4 Å². The van der Waals surface area contributed by atoms with E-state index < -0.39 is 12.2 Å². The van der Waals surface area contributed by atoms with Crippen LogP contribution < -0.4 is 10.1 Å². The van der Waals surface area contributed by atoms with Crippen LogP contribution in [0.5, 0.6) is 11.5 Å². The Bertz CT molecular complexity index is 466. The summed E-state index contributed by atoms with van der Waals surface area (Å²) in [5.74, 6) is -0.215. The molecule has 0 heterocycles. The fourth-order valence-corrected chi connectivity index (χ4v) is 2.08. The highest BCUT2D eigenvalue weighted by Gasteiger charge is 2.23. The molecule has 0 saturated carbocycles. The molecule has 0 aliphatic heterocycles. The number of ether oxygens (including phenoxy) is 1. The Labute approximate surface area is 119 Å². The highest BCUT2D eigenvalue weighted by Crippen LogP contribution is 2.39. The lowest BCUT2D eigenvalue weighted by Crippen LogP contribution is -2.34. The molecule has 6 nitrogen and oxygen atoms in total. The van der Waals surface area contributed by atoms with Crippen LogP contribution in [0.2, 0.25) is 0 Å². The van der Waals surface area contributed by atoms with Crippen molar-refractivity contribution in [1.82, 2.24) is 5.32 Å². The Morgan fingerprint density at radius 1 is 1.47 bits per heavy atom. The van der Waals surface area contributed by atoms with Crippen LogP contribution in [-0.2, 0) is 4.79 Å². The molecule has 0 spiro atoms. The van der Waals surface area contributed by atoms with Crippen LogP contribution in [0.15, 0.2) is 16.6 Å². The smallest absolute Gasteiger partial charge is 0.216 e. The molecular weight excluding hydrogens is 318 g/mol. The van der Waals surface area contributed by atoms with E-state index in [2.05, 4.69) is 21.2 Å². The van der Waals surface area contributed by atoms with Crippen molar-refractivity contribution in [2.24, 2.45) is 0 Å². The predicted molar refractivity (Wildman–Crippen MR) is 72.0 cm³/mol. The number of phenolic OH excluding ortho intramolecular Hbond substituents is 1. The first-order valence-electron chi connectivity index (χ1n) is 5.54. The average Bonchev–Trinajstić information content (AvgIpc) is 2.38. The van der Waals surface area contributed by atoms with Crippen molar-refractivity contribution in [3.8, 4) is 11.5 Å². The van der Waals surface area contributed by atoms with Crippen LogP contribution in [0.4, 0.5) is 0 Å². The zero-order chi connectivity index (χ0) is 14.6. The van der Waals surface area contributed by atoms with Gasteiger partial charge < -0.3 is 25.4 Å². The maximum absolute atomic E-state index is 10.7. The van der Waals surface area contributed by atoms with E-state index in [9.17, 15) is 20.1 Å². The Kier molecular flexibility index (Phi) is 5.59. The summed E-state index contributed by atoms with van der Waals surface area (Å²) in [5, 5.41) is 31.9. The van der Waals surface area contributed by atoms with Gasteiger partial charge in [-0.15, -0.1) is 0 Å². The summed E-state index contributed by atoms with van der Waals surface area (Å²) in [4.78, 5) is 10.7. The minimum Gasteiger partial charge on any atom is -0.503 e. The van der Waals surface area contributed by atoms with Crippen LogP contribution >= 0.6 is 15.9 Å². The SMILES string of the molecule is COc1ccc(C(O)C(O)CNC(C)=O)c(Br)c1O. The van der Waals surface area contributed by atoms with E-state index in [1.165, 1.54) is 26.2 Å². The maximum Gasteiger partial charge on any atom is 0.216 e. The second-order valence-corrected chi connectivity index (χ2v) is 4.76. The summed E-state index contributed by atoms with van der Waals surface area (Å²) in [6, 6.07) is 2.99. The highest BCUT2D eigenvalue weighted by molar-refractivity contribution is 9.10. The molecule has 2 unspecified atom stereocenters. The van der Waals surface area contributed by atoms with Crippen LogP contribution in [0.3, 0.4) is 0 Å². The summed E-state index contributed by atoms with van der Waals surface area (Å²) in [6.07, 6.45) is -2.44. The first-order chi connectivity index (χ1) is 8.88. The maximum atomic E-state index is 10.7. The van der Waals surface area contributed by atoms with Crippen LogP contribution in [0.1, 0.15) is 18.6 Å². The second kappa shape index (κ2) is 6.74. The third-order valence-electron chi connectivity index (χ3n) is 2.57. The summed E-state index contributed by atoms with van der Waals surface area (Å²) < 4.78 is 5.16. The number of phenols is 1. The van der Waals surface area contributed by atoms with Gasteiger partial charge in [0.1, 0.15) is 12.2 Å². The first kappa shape index (κ1) is 15.7. The minimum absolute atomic E-state index is 0.0876. The van der Waals surface area contributed by atoms with E-state index in [1.54, 1.807) is 0 Å². The number of aromatic hydroxyl groups is 1. The van der Waals surface area contributed by atoms with E-state index in [1.807, 2.05) is 0 Å². The number of aliphatic hydroxyl groups excluding tert-OH is 2. The lowest BCUT2D eigenvalue weighted by molar-refractivity contribution is -0.119. The summed E-state index contributed by atoms with van der Waals surface area (Å²) in [6.45, 7) is 1.23. The number of amides is 1. The van der Waals surface area contributed by atoms with Gasteiger partial charge in [-0.3, -0.25) is 4.79 Å². The van der Waals surface area contributed by atoms with Gasteiger partial charge in [-0.1, -0.05) is 6.07 Å². The van der Waals surface area contributed by atoms with Crippen molar-refractivity contribution in [3.63, 3.8) is 0 Å². The third kappa shape index (κ3) is 3.82. The largest absolute Gasteiger partial charge is 0.503 e. The van der Waals surface area contributed by atoms with Gasteiger partial charge in [0.15, 0.2) is 11.5 Å². The standard InChI is InChI=1S/C12H16BrNO5/c1-6(15)14-5-8(16)11(17)7-3-4-9(19-2)12(18)10(7)13/h3-4,8,11,16-18H,5H2,1-2H3,(H,14,15). The number of nitrogens with one attached hydrogen (secondary N) is 1.